The van der Waals surface area contributed by atoms with Crippen LogP contribution in [0.5, 0.6) is 0 Å². The molecule has 1 aliphatic heterocycles. The van der Waals surface area contributed by atoms with E-state index in [4.69, 9.17) is 9.68 Å². The van der Waals surface area contributed by atoms with E-state index < -0.39 is 0 Å². The first-order valence-electron chi connectivity index (χ1n) is 9.37. The molecule has 1 N–H and O–H groups in total. The summed E-state index contributed by atoms with van der Waals surface area (Å²) in [5.41, 5.74) is 0.943. The number of thioether (sulfide) groups is 1. The molecule has 1 aromatic carbocycles. The SMILES string of the molecule is N#Cc1ccccc1NC(=O)CSc1nnc(N2CCCC2)n1Cc1ccco1. The summed E-state index contributed by atoms with van der Waals surface area (Å²) in [6, 6.07) is 12.8. The fraction of sp³-hybridized carbons (Fsp3) is 0.300. The Hall–Kier alpha value is -3.25. The van der Waals surface area contributed by atoms with Crippen molar-refractivity contribution in [3.63, 3.8) is 0 Å². The number of carbonyl (C=O) groups excluding carboxylic acids is 1. The van der Waals surface area contributed by atoms with Gasteiger partial charge in [0.15, 0.2) is 5.16 Å². The van der Waals surface area contributed by atoms with E-state index in [1.165, 1.54) is 11.8 Å². The number of furan rings is 1. The third-order valence-corrected chi connectivity index (χ3v) is 5.60. The number of nitrogens with one attached hydrogen (secondary N) is 1. The van der Waals surface area contributed by atoms with Gasteiger partial charge in [-0.3, -0.25) is 9.36 Å². The number of anilines is 2. The van der Waals surface area contributed by atoms with Crippen molar-refractivity contribution in [2.45, 2.75) is 24.5 Å². The summed E-state index contributed by atoms with van der Waals surface area (Å²) in [6.07, 6.45) is 3.91. The normalized spacial score (nSPS) is 13.4. The van der Waals surface area contributed by atoms with Crippen LogP contribution in [0, 0.1) is 11.3 Å². The van der Waals surface area contributed by atoms with Gasteiger partial charge in [0, 0.05) is 13.1 Å². The number of carbonyl (C=O) groups is 1. The maximum absolute atomic E-state index is 12.4. The standard InChI is InChI=1S/C20H20N6O2S/c21-12-15-6-1-2-8-17(15)22-18(27)14-29-20-24-23-19(25-9-3-4-10-25)26(20)13-16-7-5-11-28-16/h1-2,5-8,11H,3-4,9-10,13-14H2,(H,22,27). The van der Waals surface area contributed by atoms with Crippen molar-refractivity contribution in [1.29, 1.82) is 5.26 Å². The lowest BCUT2D eigenvalue weighted by molar-refractivity contribution is -0.113. The topological polar surface area (TPSA) is 100.0 Å². The van der Waals surface area contributed by atoms with E-state index in [1.807, 2.05) is 16.7 Å². The highest BCUT2D eigenvalue weighted by Crippen LogP contribution is 2.26. The van der Waals surface area contributed by atoms with Gasteiger partial charge in [0.1, 0.15) is 11.8 Å². The summed E-state index contributed by atoms with van der Waals surface area (Å²) < 4.78 is 7.49. The number of hydrogen-bond acceptors (Lipinski definition) is 7. The second-order valence-corrected chi connectivity index (χ2v) is 7.58. The zero-order chi connectivity index (χ0) is 20.1. The first kappa shape index (κ1) is 19.1. The van der Waals surface area contributed by atoms with Gasteiger partial charge >= 0.3 is 0 Å². The van der Waals surface area contributed by atoms with Gasteiger partial charge in [-0.2, -0.15) is 5.26 Å². The number of nitriles is 1. The number of hydrogen-bond donors (Lipinski definition) is 1. The van der Waals surface area contributed by atoms with Crippen molar-refractivity contribution in [2.24, 2.45) is 0 Å². The van der Waals surface area contributed by atoms with Gasteiger partial charge in [-0.05, 0) is 37.1 Å². The summed E-state index contributed by atoms with van der Waals surface area (Å²) in [6.45, 7) is 2.41. The fourth-order valence-electron chi connectivity index (χ4n) is 3.24. The van der Waals surface area contributed by atoms with Crippen LogP contribution in [0.1, 0.15) is 24.2 Å². The van der Waals surface area contributed by atoms with Crippen LogP contribution in [0.4, 0.5) is 11.6 Å². The average molecular weight is 408 g/mol. The summed E-state index contributed by atoms with van der Waals surface area (Å²) in [4.78, 5) is 14.6. The molecule has 0 saturated carbocycles. The van der Waals surface area contributed by atoms with E-state index in [0.29, 0.717) is 23.0 Å². The number of benzene rings is 1. The second-order valence-electron chi connectivity index (χ2n) is 6.64. The predicted octanol–water partition coefficient (Wildman–Crippen LogP) is 3.12. The number of aromatic nitrogens is 3. The molecule has 4 rings (SSSR count). The Morgan fingerprint density at radius 2 is 2.03 bits per heavy atom. The average Bonchev–Trinajstić information content (AvgIpc) is 3.50. The number of para-hydroxylation sites is 1. The van der Waals surface area contributed by atoms with Crippen LogP contribution in [0.15, 0.2) is 52.2 Å². The van der Waals surface area contributed by atoms with Crippen molar-refractivity contribution < 1.29 is 9.21 Å². The van der Waals surface area contributed by atoms with Gasteiger partial charge in [-0.1, -0.05) is 23.9 Å². The molecule has 2 aromatic heterocycles. The molecule has 0 spiro atoms. The quantitative estimate of drug-likeness (QED) is 0.600. The first-order valence-corrected chi connectivity index (χ1v) is 10.4. The van der Waals surface area contributed by atoms with Crippen molar-refractivity contribution in [3.05, 3.63) is 54.0 Å². The molecule has 0 aliphatic carbocycles. The number of rotatable bonds is 7. The third kappa shape index (κ3) is 4.43. The van der Waals surface area contributed by atoms with E-state index in [9.17, 15) is 4.79 Å². The van der Waals surface area contributed by atoms with E-state index in [1.54, 1.807) is 30.5 Å². The predicted molar refractivity (Wildman–Crippen MR) is 110 cm³/mol. The summed E-state index contributed by atoms with van der Waals surface area (Å²) in [5.74, 6) is 1.57. The van der Waals surface area contributed by atoms with E-state index in [-0.39, 0.29) is 11.7 Å². The molecule has 1 saturated heterocycles. The number of nitrogens with zero attached hydrogens (tertiary/aromatic N) is 5. The monoisotopic (exact) mass is 408 g/mol. The van der Waals surface area contributed by atoms with Crippen LogP contribution in [-0.4, -0.2) is 39.5 Å². The molecule has 1 aliphatic rings. The van der Waals surface area contributed by atoms with Crippen LogP contribution in [0.2, 0.25) is 0 Å². The maximum Gasteiger partial charge on any atom is 0.234 e. The van der Waals surface area contributed by atoms with Gasteiger partial charge in [-0.25, -0.2) is 0 Å². The smallest absolute Gasteiger partial charge is 0.234 e. The highest BCUT2D eigenvalue weighted by atomic mass is 32.2. The molecular formula is C20H20N6O2S. The summed E-state index contributed by atoms with van der Waals surface area (Å²) in [7, 11) is 0. The molecular weight excluding hydrogens is 388 g/mol. The lowest BCUT2D eigenvalue weighted by Gasteiger charge is -2.17. The lowest BCUT2D eigenvalue weighted by atomic mass is 10.2. The Bertz CT molecular complexity index is 1020. The maximum atomic E-state index is 12.4. The molecule has 1 amide bonds. The molecule has 0 unspecified atom stereocenters. The molecule has 1 fully saturated rings. The minimum atomic E-state index is -0.201. The van der Waals surface area contributed by atoms with Gasteiger partial charge in [0.05, 0.1) is 29.8 Å². The Balaban J connectivity index is 1.47. The molecule has 9 heteroatoms. The Labute approximate surface area is 172 Å². The van der Waals surface area contributed by atoms with Crippen molar-refractivity contribution >= 4 is 29.3 Å². The summed E-state index contributed by atoms with van der Waals surface area (Å²) >= 11 is 1.32. The molecule has 3 heterocycles. The summed E-state index contributed by atoms with van der Waals surface area (Å²) in [5, 5.41) is 21.3. The van der Waals surface area contributed by atoms with Crippen LogP contribution in [0.25, 0.3) is 0 Å². The van der Waals surface area contributed by atoms with Crippen LogP contribution < -0.4 is 10.2 Å². The van der Waals surface area contributed by atoms with Crippen molar-refractivity contribution in [3.8, 4) is 6.07 Å². The Morgan fingerprint density at radius 1 is 1.21 bits per heavy atom. The van der Waals surface area contributed by atoms with Gasteiger partial charge in [-0.15, -0.1) is 10.2 Å². The first-order chi connectivity index (χ1) is 14.2. The third-order valence-electron chi connectivity index (χ3n) is 4.63. The highest BCUT2D eigenvalue weighted by Gasteiger charge is 2.22. The van der Waals surface area contributed by atoms with Crippen LogP contribution in [0.3, 0.4) is 0 Å². The highest BCUT2D eigenvalue weighted by molar-refractivity contribution is 7.99. The lowest BCUT2D eigenvalue weighted by Crippen LogP contribution is -2.23. The minimum Gasteiger partial charge on any atom is -0.467 e. The largest absolute Gasteiger partial charge is 0.467 e. The van der Waals surface area contributed by atoms with E-state index >= 15 is 0 Å². The van der Waals surface area contributed by atoms with Crippen molar-refractivity contribution in [2.75, 3.05) is 29.1 Å². The minimum absolute atomic E-state index is 0.163. The molecule has 8 nitrogen and oxygen atoms in total. The fourth-order valence-corrected chi connectivity index (χ4v) is 3.97. The molecule has 3 aromatic rings. The Kier molecular flexibility index (Phi) is 5.81. The second kappa shape index (κ2) is 8.84. The zero-order valence-corrected chi connectivity index (χ0v) is 16.6. The van der Waals surface area contributed by atoms with Gasteiger partial charge in [0.25, 0.3) is 0 Å². The Morgan fingerprint density at radius 3 is 2.79 bits per heavy atom. The van der Waals surface area contributed by atoms with E-state index in [0.717, 1.165) is 37.6 Å². The van der Waals surface area contributed by atoms with Gasteiger partial charge < -0.3 is 14.6 Å². The molecule has 148 valence electrons. The van der Waals surface area contributed by atoms with Crippen LogP contribution in [-0.2, 0) is 11.3 Å². The molecule has 0 radical (unpaired) electrons. The zero-order valence-electron chi connectivity index (χ0n) is 15.7. The molecule has 0 atom stereocenters. The van der Waals surface area contributed by atoms with Crippen molar-refractivity contribution in [1.82, 2.24) is 14.8 Å². The van der Waals surface area contributed by atoms with Crippen LogP contribution >= 0.6 is 11.8 Å². The molecule has 0 bridgehead atoms. The van der Waals surface area contributed by atoms with E-state index in [2.05, 4.69) is 26.5 Å². The number of amides is 1. The molecule has 29 heavy (non-hydrogen) atoms. The van der Waals surface area contributed by atoms with Gasteiger partial charge in [0.2, 0.25) is 11.9 Å².